The molecule has 1 fully saturated rings. The van der Waals surface area contributed by atoms with Crippen LogP contribution in [0, 0.1) is 0 Å². The summed E-state index contributed by atoms with van der Waals surface area (Å²) in [4.78, 5) is 26.8. The number of hydrogen-bond acceptors (Lipinski definition) is 4. The summed E-state index contributed by atoms with van der Waals surface area (Å²) in [5, 5.41) is 2.82. The van der Waals surface area contributed by atoms with E-state index in [0.717, 1.165) is 24.8 Å². The number of ether oxygens (including phenoxy) is 2. The minimum atomic E-state index is -0.997. The quantitative estimate of drug-likeness (QED) is 0.890. The van der Waals surface area contributed by atoms with Crippen LogP contribution in [0.4, 0.5) is 10.5 Å². The van der Waals surface area contributed by atoms with E-state index in [2.05, 4.69) is 5.32 Å². The Kier molecular flexibility index (Phi) is 4.99. The Morgan fingerprint density at radius 3 is 2.48 bits per heavy atom. The molecule has 2 unspecified atom stereocenters. The number of fused-ring (bicyclic) bond motifs is 1. The largest absolute Gasteiger partial charge is 0.433 e. The molecule has 136 valence electrons. The molecule has 2 atom stereocenters. The number of para-hydroxylation sites is 1. The Hall–Kier alpha value is -2.08. The Labute approximate surface area is 148 Å². The van der Waals surface area contributed by atoms with Gasteiger partial charge in [0.05, 0.1) is 5.60 Å². The van der Waals surface area contributed by atoms with Gasteiger partial charge in [0.25, 0.3) is 5.91 Å². The summed E-state index contributed by atoms with van der Waals surface area (Å²) in [6.07, 6.45) is 0.994. The van der Waals surface area contributed by atoms with E-state index in [9.17, 15) is 9.59 Å². The van der Waals surface area contributed by atoms with Crippen molar-refractivity contribution >= 4 is 17.7 Å². The highest BCUT2D eigenvalue weighted by Crippen LogP contribution is 2.37. The summed E-state index contributed by atoms with van der Waals surface area (Å²) in [6.45, 7) is 7.12. The van der Waals surface area contributed by atoms with Crippen LogP contribution in [-0.2, 0) is 14.3 Å². The van der Waals surface area contributed by atoms with Crippen LogP contribution in [0.5, 0.6) is 0 Å². The summed E-state index contributed by atoms with van der Waals surface area (Å²) >= 11 is 0. The molecule has 25 heavy (non-hydrogen) atoms. The number of anilines is 1. The lowest BCUT2D eigenvalue weighted by Gasteiger charge is -2.37. The number of nitrogens with one attached hydrogen (secondary N) is 1. The summed E-state index contributed by atoms with van der Waals surface area (Å²) in [7, 11) is 0. The van der Waals surface area contributed by atoms with E-state index >= 15 is 0 Å². The molecule has 6 heteroatoms. The van der Waals surface area contributed by atoms with Crippen LogP contribution in [-0.4, -0.2) is 41.7 Å². The van der Waals surface area contributed by atoms with Crippen molar-refractivity contribution in [2.75, 3.05) is 18.4 Å². The first kappa shape index (κ1) is 17.7. The van der Waals surface area contributed by atoms with Crippen molar-refractivity contribution < 1.29 is 19.1 Å². The third kappa shape index (κ3) is 4.12. The second kappa shape index (κ2) is 7.04. The highest BCUT2D eigenvalue weighted by molar-refractivity contribution is 5.99. The van der Waals surface area contributed by atoms with Gasteiger partial charge >= 0.3 is 6.09 Å². The molecular weight excluding hydrogens is 320 g/mol. The van der Waals surface area contributed by atoms with Crippen LogP contribution < -0.4 is 5.32 Å². The number of carbonyl (C=O) groups excluding carboxylic acids is 2. The molecule has 1 aromatic rings. The lowest BCUT2D eigenvalue weighted by molar-refractivity contribution is -0.148. The van der Waals surface area contributed by atoms with Crippen molar-refractivity contribution in [2.45, 2.75) is 57.8 Å². The van der Waals surface area contributed by atoms with E-state index in [1.54, 1.807) is 4.90 Å². The lowest BCUT2D eigenvalue weighted by atomic mass is 9.96. The molecule has 2 aliphatic heterocycles. The zero-order valence-electron chi connectivity index (χ0n) is 15.1. The zero-order valence-corrected chi connectivity index (χ0v) is 15.1. The van der Waals surface area contributed by atoms with Gasteiger partial charge in [0, 0.05) is 24.3 Å². The van der Waals surface area contributed by atoms with E-state index < -0.39 is 23.9 Å². The van der Waals surface area contributed by atoms with Gasteiger partial charge in [-0.05, 0) is 46.1 Å². The molecule has 0 aromatic heterocycles. The van der Waals surface area contributed by atoms with Crippen molar-refractivity contribution in [3.05, 3.63) is 29.8 Å². The molecule has 1 saturated heterocycles. The van der Waals surface area contributed by atoms with Crippen LogP contribution in [0.3, 0.4) is 0 Å². The maximum absolute atomic E-state index is 12.6. The van der Waals surface area contributed by atoms with Gasteiger partial charge in [-0.25, -0.2) is 4.79 Å². The van der Waals surface area contributed by atoms with Crippen molar-refractivity contribution in [1.82, 2.24) is 4.90 Å². The number of nitrogens with zero attached hydrogens (tertiary/aromatic N) is 1. The first-order valence-electron chi connectivity index (χ1n) is 8.88. The van der Waals surface area contributed by atoms with Crippen molar-refractivity contribution in [3.8, 4) is 0 Å². The van der Waals surface area contributed by atoms with Crippen LogP contribution in [0.2, 0.25) is 0 Å². The third-order valence-corrected chi connectivity index (χ3v) is 4.38. The molecular formula is C19H26N2O4. The highest BCUT2D eigenvalue weighted by atomic mass is 16.6. The average Bonchev–Trinajstić information content (AvgIpc) is 2.57. The van der Waals surface area contributed by atoms with Gasteiger partial charge in [-0.2, -0.15) is 0 Å². The molecule has 0 spiro atoms. The number of likely N-dealkylation sites (tertiary alicyclic amines) is 1. The molecule has 3 rings (SSSR count). The SMILES string of the molecule is CC(C)(C)OC1c2ccccc2NC(=O)C1OC(=O)N1CCCCC1. The summed E-state index contributed by atoms with van der Waals surface area (Å²) in [5.74, 6) is -0.349. The smallest absolute Gasteiger partial charge is 0.410 e. The zero-order chi connectivity index (χ0) is 18.0. The number of amides is 2. The lowest BCUT2D eigenvalue weighted by Crippen LogP contribution is -2.47. The van der Waals surface area contributed by atoms with Crippen LogP contribution in [0.1, 0.15) is 51.7 Å². The molecule has 2 amide bonds. The first-order valence-corrected chi connectivity index (χ1v) is 8.88. The van der Waals surface area contributed by atoms with Crippen molar-refractivity contribution in [3.63, 3.8) is 0 Å². The van der Waals surface area contributed by atoms with E-state index in [-0.39, 0.29) is 5.91 Å². The van der Waals surface area contributed by atoms with Gasteiger partial charge in [0.1, 0.15) is 6.10 Å². The van der Waals surface area contributed by atoms with Crippen LogP contribution in [0.15, 0.2) is 24.3 Å². The fraction of sp³-hybridized carbons (Fsp3) is 0.579. The van der Waals surface area contributed by atoms with E-state index in [1.807, 2.05) is 45.0 Å². The second-order valence-corrected chi connectivity index (χ2v) is 7.58. The first-order chi connectivity index (χ1) is 11.8. The number of piperidine rings is 1. The fourth-order valence-corrected chi connectivity index (χ4v) is 3.24. The summed E-state index contributed by atoms with van der Waals surface area (Å²) in [6, 6.07) is 7.47. The molecule has 2 heterocycles. The summed E-state index contributed by atoms with van der Waals surface area (Å²) < 4.78 is 11.7. The average molecular weight is 346 g/mol. The van der Waals surface area contributed by atoms with Crippen LogP contribution in [0.25, 0.3) is 0 Å². The van der Waals surface area contributed by atoms with E-state index in [1.165, 1.54) is 0 Å². The van der Waals surface area contributed by atoms with Gasteiger partial charge in [-0.3, -0.25) is 4.79 Å². The molecule has 6 nitrogen and oxygen atoms in total. The molecule has 1 N–H and O–H groups in total. The van der Waals surface area contributed by atoms with Gasteiger partial charge in [0.2, 0.25) is 6.10 Å². The standard InChI is InChI=1S/C19H26N2O4/c1-19(2,3)25-15-13-9-5-6-10-14(13)20-17(22)16(15)24-18(23)21-11-7-4-8-12-21/h5-6,9-10,15-16H,4,7-8,11-12H2,1-3H3,(H,20,22). The van der Waals surface area contributed by atoms with Crippen LogP contribution >= 0.6 is 0 Å². The fourth-order valence-electron chi connectivity index (χ4n) is 3.24. The minimum Gasteiger partial charge on any atom is -0.433 e. The third-order valence-electron chi connectivity index (χ3n) is 4.38. The molecule has 0 radical (unpaired) electrons. The van der Waals surface area contributed by atoms with Gasteiger partial charge < -0.3 is 19.7 Å². The van der Waals surface area contributed by atoms with E-state index in [0.29, 0.717) is 18.8 Å². The molecule has 2 aliphatic rings. The molecule has 0 saturated carbocycles. The normalized spacial score (nSPS) is 23.6. The Balaban J connectivity index is 1.84. The predicted octanol–water partition coefficient (Wildman–Crippen LogP) is 3.49. The number of carbonyl (C=O) groups is 2. The number of benzene rings is 1. The second-order valence-electron chi connectivity index (χ2n) is 7.58. The number of hydrogen-bond donors (Lipinski definition) is 1. The van der Waals surface area contributed by atoms with Crippen molar-refractivity contribution in [2.24, 2.45) is 0 Å². The Morgan fingerprint density at radius 2 is 1.80 bits per heavy atom. The molecule has 0 bridgehead atoms. The Morgan fingerprint density at radius 1 is 1.12 bits per heavy atom. The van der Waals surface area contributed by atoms with Gasteiger partial charge in [-0.1, -0.05) is 18.2 Å². The minimum absolute atomic E-state index is 0.349. The Bertz CT molecular complexity index is 647. The van der Waals surface area contributed by atoms with E-state index in [4.69, 9.17) is 9.47 Å². The molecule has 1 aromatic carbocycles. The molecule has 0 aliphatic carbocycles. The predicted molar refractivity (Wildman–Crippen MR) is 94.3 cm³/mol. The van der Waals surface area contributed by atoms with Gasteiger partial charge in [0.15, 0.2) is 0 Å². The van der Waals surface area contributed by atoms with Crippen molar-refractivity contribution in [1.29, 1.82) is 0 Å². The monoisotopic (exact) mass is 346 g/mol. The summed E-state index contributed by atoms with van der Waals surface area (Å²) in [5.41, 5.74) is 1.05. The van der Waals surface area contributed by atoms with Gasteiger partial charge in [-0.15, -0.1) is 0 Å². The highest BCUT2D eigenvalue weighted by Gasteiger charge is 2.42. The number of rotatable bonds is 2. The maximum atomic E-state index is 12.6. The maximum Gasteiger partial charge on any atom is 0.410 e. The topological polar surface area (TPSA) is 67.9 Å².